The van der Waals surface area contributed by atoms with Gasteiger partial charge in [0.2, 0.25) is 0 Å². The van der Waals surface area contributed by atoms with Crippen LogP contribution in [0.2, 0.25) is 0 Å². The van der Waals surface area contributed by atoms with Gasteiger partial charge in [0.05, 0.1) is 4.92 Å². The summed E-state index contributed by atoms with van der Waals surface area (Å²) in [4.78, 5) is 22.6. The molecule has 21 heavy (non-hydrogen) atoms. The second-order valence-corrected chi connectivity index (χ2v) is 4.59. The van der Waals surface area contributed by atoms with Crippen LogP contribution >= 0.6 is 0 Å². The van der Waals surface area contributed by atoms with E-state index < -0.39 is 4.92 Å². The van der Waals surface area contributed by atoms with Crippen molar-refractivity contribution in [3.63, 3.8) is 0 Å². The molecule has 0 atom stereocenters. The molecule has 0 aliphatic heterocycles. The molecule has 0 spiro atoms. The zero-order chi connectivity index (χ0) is 15.4. The van der Waals surface area contributed by atoms with Gasteiger partial charge in [-0.2, -0.15) is 0 Å². The van der Waals surface area contributed by atoms with Gasteiger partial charge in [-0.05, 0) is 24.6 Å². The highest BCUT2D eigenvalue weighted by Gasteiger charge is 2.15. The van der Waals surface area contributed by atoms with E-state index in [1.165, 1.54) is 6.07 Å². The summed E-state index contributed by atoms with van der Waals surface area (Å²) < 4.78 is 0. The van der Waals surface area contributed by atoms with Crippen molar-refractivity contribution in [2.45, 2.75) is 13.5 Å². The average molecular weight is 285 g/mol. The first-order valence-electron chi connectivity index (χ1n) is 6.36. The highest BCUT2D eigenvalue weighted by atomic mass is 16.6. The maximum atomic E-state index is 12.1. The molecule has 108 valence electrons. The van der Waals surface area contributed by atoms with Crippen LogP contribution in [0.5, 0.6) is 0 Å². The first-order chi connectivity index (χ1) is 10.0. The molecule has 0 aliphatic carbocycles. The van der Waals surface area contributed by atoms with E-state index in [1.54, 1.807) is 43.3 Å². The molecule has 0 bridgehead atoms. The molecule has 6 heteroatoms. The molecular formula is C15H15N3O3. The Morgan fingerprint density at radius 3 is 2.67 bits per heavy atom. The Bertz CT molecular complexity index is 698. The summed E-state index contributed by atoms with van der Waals surface area (Å²) in [6, 6.07) is 11.4. The molecule has 0 aliphatic rings. The minimum atomic E-state index is -0.465. The van der Waals surface area contributed by atoms with Crippen LogP contribution in [0, 0.1) is 17.0 Å². The number of para-hydroxylation sites is 1. The molecular weight excluding hydrogens is 270 g/mol. The fraction of sp³-hybridized carbons (Fsp3) is 0.133. The van der Waals surface area contributed by atoms with Crippen molar-refractivity contribution in [2.24, 2.45) is 0 Å². The fourth-order valence-electron chi connectivity index (χ4n) is 2.01. The third-order valence-electron chi connectivity index (χ3n) is 3.25. The number of anilines is 1. The van der Waals surface area contributed by atoms with E-state index in [4.69, 9.17) is 5.73 Å². The quantitative estimate of drug-likeness (QED) is 0.512. The summed E-state index contributed by atoms with van der Waals surface area (Å²) in [5, 5.41) is 13.6. The minimum absolute atomic E-state index is 0.0119. The average Bonchev–Trinajstić information content (AvgIpc) is 2.47. The molecule has 6 nitrogen and oxygen atoms in total. The molecule has 0 saturated carbocycles. The summed E-state index contributed by atoms with van der Waals surface area (Å²) in [6.45, 7) is 1.85. The Morgan fingerprint density at radius 1 is 1.24 bits per heavy atom. The highest BCUT2D eigenvalue weighted by Crippen LogP contribution is 2.18. The van der Waals surface area contributed by atoms with Gasteiger partial charge in [0.25, 0.3) is 11.6 Å². The van der Waals surface area contributed by atoms with Crippen molar-refractivity contribution < 1.29 is 9.72 Å². The van der Waals surface area contributed by atoms with Crippen molar-refractivity contribution in [3.05, 3.63) is 69.3 Å². The van der Waals surface area contributed by atoms with Gasteiger partial charge in [-0.1, -0.05) is 24.3 Å². The highest BCUT2D eigenvalue weighted by molar-refractivity contribution is 5.96. The number of amides is 1. The number of nitrogen functional groups attached to an aromatic ring is 1. The second kappa shape index (κ2) is 6.04. The van der Waals surface area contributed by atoms with Gasteiger partial charge in [0, 0.05) is 29.4 Å². The number of carbonyl (C=O) groups excluding carboxylic acids is 1. The van der Waals surface area contributed by atoms with Crippen LogP contribution in [0.25, 0.3) is 0 Å². The topological polar surface area (TPSA) is 98.3 Å². The number of nitrogens with two attached hydrogens (primary N) is 1. The van der Waals surface area contributed by atoms with E-state index in [-0.39, 0.29) is 18.1 Å². The Balaban J connectivity index is 2.15. The van der Waals surface area contributed by atoms with Crippen LogP contribution in [0.1, 0.15) is 21.5 Å². The van der Waals surface area contributed by atoms with Crippen LogP contribution in [0.15, 0.2) is 42.5 Å². The summed E-state index contributed by atoms with van der Waals surface area (Å²) >= 11 is 0. The molecule has 3 N–H and O–H groups in total. The lowest BCUT2D eigenvalue weighted by Gasteiger charge is -2.09. The van der Waals surface area contributed by atoms with Crippen LogP contribution in [-0.4, -0.2) is 10.8 Å². The molecule has 0 aromatic heterocycles. The van der Waals surface area contributed by atoms with Crippen molar-refractivity contribution in [2.75, 3.05) is 5.73 Å². The molecule has 0 heterocycles. The number of hydrogen-bond donors (Lipinski definition) is 2. The van der Waals surface area contributed by atoms with E-state index >= 15 is 0 Å². The molecule has 0 fully saturated rings. The molecule has 2 aromatic rings. The number of carbonyl (C=O) groups is 1. The zero-order valence-electron chi connectivity index (χ0n) is 11.5. The molecule has 2 rings (SSSR count). The first-order valence-corrected chi connectivity index (χ1v) is 6.36. The standard InChI is InChI=1S/C15H15N3O3/c1-10-12(6-4-7-13(10)16)15(19)17-9-11-5-2-3-8-14(11)18(20)21/h2-8H,9,16H2,1H3,(H,17,19). The largest absolute Gasteiger partial charge is 0.398 e. The van der Waals surface area contributed by atoms with E-state index in [0.717, 1.165) is 0 Å². The van der Waals surface area contributed by atoms with E-state index in [0.29, 0.717) is 22.4 Å². The Hall–Kier alpha value is -2.89. The number of nitro groups is 1. The maximum absolute atomic E-state index is 12.1. The molecule has 1 amide bonds. The predicted octanol–water partition coefficient (Wildman–Crippen LogP) is 2.42. The number of nitrogens with zero attached hydrogens (tertiary/aromatic N) is 1. The van der Waals surface area contributed by atoms with Crippen molar-refractivity contribution in [1.82, 2.24) is 5.32 Å². The third kappa shape index (κ3) is 3.17. The second-order valence-electron chi connectivity index (χ2n) is 4.59. The van der Waals surface area contributed by atoms with Gasteiger partial charge in [-0.3, -0.25) is 14.9 Å². The molecule has 2 aromatic carbocycles. The monoisotopic (exact) mass is 285 g/mol. The number of rotatable bonds is 4. The first kappa shape index (κ1) is 14.5. The van der Waals surface area contributed by atoms with Gasteiger partial charge in [0.1, 0.15) is 0 Å². The summed E-state index contributed by atoms with van der Waals surface area (Å²) in [6.07, 6.45) is 0. The molecule has 0 unspecified atom stereocenters. The Labute approximate surface area is 121 Å². The van der Waals surface area contributed by atoms with Crippen LogP contribution in [0.4, 0.5) is 11.4 Å². The third-order valence-corrected chi connectivity index (χ3v) is 3.25. The normalized spacial score (nSPS) is 10.1. The lowest BCUT2D eigenvalue weighted by molar-refractivity contribution is -0.385. The smallest absolute Gasteiger partial charge is 0.274 e. The van der Waals surface area contributed by atoms with Gasteiger partial charge in [0.15, 0.2) is 0 Å². The number of benzene rings is 2. The predicted molar refractivity (Wildman–Crippen MR) is 79.9 cm³/mol. The Morgan fingerprint density at radius 2 is 1.95 bits per heavy atom. The van der Waals surface area contributed by atoms with Crippen LogP contribution in [0.3, 0.4) is 0 Å². The number of hydrogen-bond acceptors (Lipinski definition) is 4. The lowest BCUT2D eigenvalue weighted by Crippen LogP contribution is -2.24. The molecule has 0 radical (unpaired) electrons. The van der Waals surface area contributed by atoms with Crippen LogP contribution in [-0.2, 0) is 6.54 Å². The van der Waals surface area contributed by atoms with Crippen molar-refractivity contribution in [1.29, 1.82) is 0 Å². The van der Waals surface area contributed by atoms with Crippen LogP contribution < -0.4 is 11.1 Å². The fourth-order valence-corrected chi connectivity index (χ4v) is 2.01. The number of nitro benzene ring substituents is 1. The van der Waals surface area contributed by atoms with E-state index in [2.05, 4.69) is 5.32 Å². The van der Waals surface area contributed by atoms with Gasteiger partial charge in [-0.25, -0.2) is 0 Å². The summed E-state index contributed by atoms with van der Waals surface area (Å²) in [5.41, 5.74) is 7.90. The SMILES string of the molecule is Cc1c(N)cccc1C(=O)NCc1ccccc1[N+](=O)[O-]. The minimum Gasteiger partial charge on any atom is -0.398 e. The molecule has 0 saturated heterocycles. The maximum Gasteiger partial charge on any atom is 0.274 e. The summed E-state index contributed by atoms with van der Waals surface area (Å²) in [7, 11) is 0. The Kier molecular flexibility index (Phi) is 4.18. The zero-order valence-corrected chi connectivity index (χ0v) is 11.5. The van der Waals surface area contributed by atoms with Crippen molar-refractivity contribution >= 4 is 17.3 Å². The van der Waals surface area contributed by atoms with Gasteiger partial charge >= 0.3 is 0 Å². The lowest BCUT2D eigenvalue weighted by atomic mass is 10.1. The van der Waals surface area contributed by atoms with Gasteiger partial charge in [-0.15, -0.1) is 0 Å². The van der Waals surface area contributed by atoms with E-state index in [9.17, 15) is 14.9 Å². The number of nitrogens with one attached hydrogen (secondary N) is 1. The van der Waals surface area contributed by atoms with E-state index in [1.807, 2.05) is 0 Å². The van der Waals surface area contributed by atoms with Crippen molar-refractivity contribution in [3.8, 4) is 0 Å². The van der Waals surface area contributed by atoms with Gasteiger partial charge < -0.3 is 11.1 Å². The summed E-state index contributed by atoms with van der Waals surface area (Å²) in [5.74, 6) is -0.307.